The molecule has 0 aliphatic rings. The molecule has 0 aromatic heterocycles. The van der Waals surface area contributed by atoms with Crippen LogP contribution in [0.25, 0.3) is 0 Å². The van der Waals surface area contributed by atoms with E-state index in [2.05, 4.69) is 11.8 Å². The molecule has 0 amide bonds. The summed E-state index contributed by atoms with van der Waals surface area (Å²) in [6.07, 6.45) is 10.9. The molecule has 2 N–H and O–H groups in total. The third kappa shape index (κ3) is 2.35. The smallest absolute Gasteiger partial charge is 0.141 e. The molecule has 0 saturated carbocycles. The van der Waals surface area contributed by atoms with Crippen molar-refractivity contribution in [2.24, 2.45) is 5.73 Å². The average Bonchev–Trinajstić information content (AvgIpc) is 1.89. The summed E-state index contributed by atoms with van der Waals surface area (Å²) in [5, 5.41) is 0. The lowest BCUT2D eigenvalue weighted by Crippen LogP contribution is -2.40. The zero-order chi connectivity index (χ0) is 8.04. The topological polar surface area (TPSA) is 43.1 Å². The third-order valence-electron chi connectivity index (χ3n) is 1.10. The molecule has 0 fully saturated rings. The minimum atomic E-state index is -1.01. The maximum Gasteiger partial charge on any atom is 0.141 e. The summed E-state index contributed by atoms with van der Waals surface area (Å²) in [5.74, 6) is 4.58. The van der Waals surface area contributed by atoms with Gasteiger partial charge < -0.3 is 10.5 Å². The van der Waals surface area contributed by atoms with Crippen LogP contribution in [0, 0.1) is 24.7 Å². The van der Waals surface area contributed by atoms with Crippen molar-refractivity contribution >= 4 is 6.29 Å². The molecule has 0 heterocycles. The molecule has 0 saturated heterocycles. The summed E-state index contributed by atoms with van der Waals surface area (Å²) in [4.78, 5) is 10.3. The average molecular weight is 135 g/mol. The van der Waals surface area contributed by atoms with Crippen LogP contribution < -0.4 is 5.73 Å². The van der Waals surface area contributed by atoms with E-state index in [1.54, 1.807) is 0 Å². The fourth-order valence-corrected chi connectivity index (χ4v) is 0.526. The largest absolute Gasteiger partial charge is 0.318 e. The zero-order valence-electron chi connectivity index (χ0n) is 5.63. The van der Waals surface area contributed by atoms with Gasteiger partial charge in [-0.2, -0.15) is 0 Å². The molecule has 2 heteroatoms. The zero-order valence-corrected chi connectivity index (χ0v) is 5.63. The predicted octanol–water partition coefficient (Wildman–Crippen LogP) is -0.0706. The Kier molecular flexibility index (Phi) is 3.25. The minimum Gasteiger partial charge on any atom is -0.318 e. The van der Waals surface area contributed by atoms with Crippen LogP contribution in [0.4, 0.5) is 0 Å². The Labute approximate surface area is 60.8 Å². The number of nitrogens with two attached hydrogens (primary N) is 1. The molecule has 0 spiro atoms. The van der Waals surface area contributed by atoms with Crippen molar-refractivity contribution in [1.82, 2.24) is 0 Å². The molecule has 2 nitrogen and oxygen atoms in total. The van der Waals surface area contributed by atoms with Gasteiger partial charge in [-0.3, -0.25) is 0 Å². The Morgan fingerprint density at radius 1 is 1.40 bits per heavy atom. The number of rotatable bonds is 3. The maximum atomic E-state index is 10.3. The number of aldehydes is 1. The first-order valence-electron chi connectivity index (χ1n) is 2.80. The molecule has 0 unspecified atom stereocenters. The molecule has 0 aromatic rings. The van der Waals surface area contributed by atoms with Crippen LogP contribution in [0.15, 0.2) is 0 Å². The number of terminal acetylenes is 2. The van der Waals surface area contributed by atoms with Gasteiger partial charge in [0.25, 0.3) is 0 Å². The molecule has 0 bridgehead atoms. The number of carbonyl (C=O) groups excluding carboxylic acids is 1. The van der Waals surface area contributed by atoms with Gasteiger partial charge in [0.15, 0.2) is 0 Å². The van der Waals surface area contributed by atoms with Crippen LogP contribution >= 0.6 is 0 Å². The van der Waals surface area contributed by atoms with E-state index in [0.717, 1.165) is 0 Å². The quantitative estimate of drug-likeness (QED) is 0.435. The van der Waals surface area contributed by atoms with Gasteiger partial charge in [0.2, 0.25) is 0 Å². The van der Waals surface area contributed by atoms with E-state index >= 15 is 0 Å². The molecule has 0 radical (unpaired) electrons. The van der Waals surface area contributed by atoms with Crippen LogP contribution in [0.1, 0.15) is 12.8 Å². The molecule has 0 atom stereocenters. The second-order valence-corrected chi connectivity index (χ2v) is 2.11. The molecule has 0 aromatic carbocycles. The van der Waals surface area contributed by atoms with Crippen LogP contribution in [0.2, 0.25) is 0 Å². The first-order chi connectivity index (χ1) is 4.68. The molecule has 0 rings (SSSR count). The SMILES string of the molecule is C#CCC(N)(C=O)CC#C. The van der Waals surface area contributed by atoms with Gasteiger partial charge in [0.1, 0.15) is 6.29 Å². The van der Waals surface area contributed by atoms with Gasteiger partial charge in [-0.05, 0) is 0 Å². The minimum absolute atomic E-state index is 0.195. The van der Waals surface area contributed by atoms with Crippen molar-refractivity contribution < 1.29 is 4.79 Å². The van der Waals surface area contributed by atoms with Crippen molar-refractivity contribution in [3.8, 4) is 24.7 Å². The van der Waals surface area contributed by atoms with E-state index in [4.69, 9.17) is 18.6 Å². The van der Waals surface area contributed by atoms with Gasteiger partial charge in [0, 0.05) is 12.8 Å². The lowest BCUT2D eigenvalue weighted by Gasteiger charge is -2.15. The Hall–Kier alpha value is -1.25. The van der Waals surface area contributed by atoms with Crippen molar-refractivity contribution in [1.29, 1.82) is 0 Å². The maximum absolute atomic E-state index is 10.3. The van der Waals surface area contributed by atoms with Gasteiger partial charge in [-0.15, -0.1) is 24.7 Å². The lowest BCUT2D eigenvalue weighted by atomic mass is 9.95. The van der Waals surface area contributed by atoms with E-state index in [0.29, 0.717) is 6.29 Å². The third-order valence-corrected chi connectivity index (χ3v) is 1.10. The molecule has 10 heavy (non-hydrogen) atoms. The van der Waals surface area contributed by atoms with Gasteiger partial charge >= 0.3 is 0 Å². The number of hydrogen-bond acceptors (Lipinski definition) is 2. The second kappa shape index (κ2) is 3.71. The highest BCUT2D eigenvalue weighted by atomic mass is 16.1. The summed E-state index contributed by atoms with van der Waals surface area (Å²) in [6, 6.07) is 0. The number of hydrogen-bond donors (Lipinski definition) is 1. The van der Waals surface area contributed by atoms with Gasteiger partial charge in [-0.1, -0.05) is 0 Å². The highest BCUT2D eigenvalue weighted by Gasteiger charge is 2.21. The Balaban J connectivity index is 4.14. The lowest BCUT2D eigenvalue weighted by molar-refractivity contribution is -0.112. The van der Waals surface area contributed by atoms with Gasteiger partial charge in [0.05, 0.1) is 5.54 Å². The summed E-state index contributed by atoms with van der Waals surface area (Å²) in [6.45, 7) is 0. The normalized spacial score (nSPS) is 9.50. The standard InChI is InChI=1S/C8H9NO/c1-3-5-8(9,7-10)6-4-2/h1-2,7H,5-6,9H2. The van der Waals surface area contributed by atoms with Crippen molar-refractivity contribution in [3.63, 3.8) is 0 Å². The summed E-state index contributed by atoms with van der Waals surface area (Å²) < 4.78 is 0. The fourth-order valence-electron chi connectivity index (χ4n) is 0.526. The van der Waals surface area contributed by atoms with Crippen LogP contribution in [0.3, 0.4) is 0 Å². The highest BCUT2D eigenvalue weighted by Crippen LogP contribution is 2.05. The second-order valence-electron chi connectivity index (χ2n) is 2.11. The van der Waals surface area contributed by atoms with E-state index in [-0.39, 0.29) is 12.8 Å². The number of carbonyl (C=O) groups is 1. The van der Waals surface area contributed by atoms with Gasteiger partial charge in [-0.25, -0.2) is 0 Å². The first-order valence-corrected chi connectivity index (χ1v) is 2.80. The Bertz CT molecular complexity index is 178. The first kappa shape index (κ1) is 8.75. The molecular weight excluding hydrogens is 126 g/mol. The molecular formula is C8H9NO. The van der Waals surface area contributed by atoms with Crippen LogP contribution in [-0.4, -0.2) is 11.8 Å². The molecule has 0 aliphatic carbocycles. The van der Waals surface area contributed by atoms with Crippen LogP contribution in [0.5, 0.6) is 0 Å². The Morgan fingerprint density at radius 3 is 2.00 bits per heavy atom. The fraction of sp³-hybridized carbons (Fsp3) is 0.375. The van der Waals surface area contributed by atoms with E-state index < -0.39 is 5.54 Å². The van der Waals surface area contributed by atoms with Crippen molar-refractivity contribution in [3.05, 3.63) is 0 Å². The van der Waals surface area contributed by atoms with Crippen molar-refractivity contribution in [2.75, 3.05) is 0 Å². The van der Waals surface area contributed by atoms with Crippen molar-refractivity contribution in [2.45, 2.75) is 18.4 Å². The molecule has 52 valence electrons. The molecule has 0 aliphatic heterocycles. The highest BCUT2D eigenvalue weighted by molar-refractivity contribution is 5.65. The monoisotopic (exact) mass is 135 g/mol. The summed E-state index contributed by atoms with van der Waals surface area (Å²) in [7, 11) is 0. The van der Waals surface area contributed by atoms with E-state index in [9.17, 15) is 4.79 Å². The summed E-state index contributed by atoms with van der Waals surface area (Å²) in [5.41, 5.74) is 4.45. The van der Waals surface area contributed by atoms with Crippen LogP contribution in [-0.2, 0) is 4.79 Å². The van der Waals surface area contributed by atoms with E-state index in [1.165, 1.54) is 0 Å². The Morgan fingerprint density at radius 2 is 1.80 bits per heavy atom. The van der Waals surface area contributed by atoms with E-state index in [1.807, 2.05) is 0 Å². The predicted molar refractivity (Wildman–Crippen MR) is 39.9 cm³/mol. The summed E-state index contributed by atoms with van der Waals surface area (Å²) >= 11 is 0.